The van der Waals surface area contributed by atoms with Gasteiger partial charge in [-0.2, -0.15) is 0 Å². The zero-order chi connectivity index (χ0) is 13.4. The van der Waals surface area contributed by atoms with Crippen LogP contribution in [0.25, 0.3) is 0 Å². The molecule has 3 nitrogen and oxygen atoms in total. The Morgan fingerprint density at radius 1 is 0.833 bits per heavy atom. The summed E-state index contributed by atoms with van der Waals surface area (Å²) >= 11 is 1.03. The Balaban J connectivity index is 2.51. The molecule has 0 aliphatic heterocycles. The van der Waals surface area contributed by atoms with Crippen LogP contribution in [0.5, 0.6) is 0 Å². The van der Waals surface area contributed by atoms with Crippen LogP contribution in [-0.2, 0) is 0 Å². The van der Waals surface area contributed by atoms with E-state index >= 15 is 0 Å². The molecule has 2 N–H and O–H groups in total. The maximum Gasteiger partial charge on any atom is 0.203 e. The smallest absolute Gasteiger partial charge is 0.203 e. The van der Waals surface area contributed by atoms with E-state index in [2.05, 4.69) is 10.2 Å². The van der Waals surface area contributed by atoms with Gasteiger partial charge in [-0.3, -0.25) is 0 Å². The molecule has 2 aromatic rings. The molecule has 0 spiro atoms. The van der Waals surface area contributed by atoms with Crippen molar-refractivity contribution in [3.05, 3.63) is 29.1 Å². The zero-order valence-corrected chi connectivity index (χ0v) is 9.81. The number of hydrogen-bond acceptors (Lipinski definition) is 5. The number of nitrogen functional groups attached to an aromatic ring is 1. The number of anilines is 1. The normalized spacial score (nSPS) is 10.9. The fourth-order valence-electron chi connectivity index (χ4n) is 1.02. The summed E-state index contributed by atoms with van der Waals surface area (Å²) in [6.45, 7) is 0. The van der Waals surface area contributed by atoms with Gasteiger partial charge >= 0.3 is 0 Å². The first-order valence-electron chi connectivity index (χ1n) is 4.20. The summed E-state index contributed by atoms with van der Waals surface area (Å²) in [6, 6.07) is 0. The molecule has 1 heterocycles. The van der Waals surface area contributed by atoms with Gasteiger partial charge in [0, 0.05) is 0 Å². The van der Waals surface area contributed by atoms with Gasteiger partial charge in [-0.1, -0.05) is 23.1 Å². The average molecular weight is 299 g/mol. The fraction of sp³-hybridized carbons (Fsp3) is 0. The van der Waals surface area contributed by atoms with Gasteiger partial charge in [-0.25, -0.2) is 22.0 Å². The lowest BCUT2D eigenvalue weighted by atomic mass is 10.3. The predicted octanol–water partition coefficient (Wildman–Crippen LogP) is 2.97. The Bertz CT molecular complexity index is 586. The molecule has 0 atom stereocenters. The molecule has 0 unspecified atom stereocenters. The van der Waals surface area contributed by atoms with Crippen molar-refractivity contribution in [1.82, 2.24) is 10.2 Å². The minimum Gasteiger partial charge on any atom is -0.374 e. The van der Waals surface area contributed by atoms with Crippen molar-refractivity contribution in [1.29, 1.82) is 0 Å². The minimum absolute atomic E-state index is 0.0152. The van der Waals surface area contributed by atoms with Crippen molar-refractivity contribution in [2.75, 3.05) is 5.73 Å². The predicted molar refractivity (Wildman–Crippen MR) is 54.7 cm³/mol. The SMILES string of the molecule is Nc1nnc(Sc2c(F)c(F)c(F)c(F)c2F)s1. The Labute approximate surface area is 105 Å². The summed E-state index contributed by atoms with van der Waals surface area (Å²) in [5.41, 5.74) is 5.23. The lowest BCUT2D eigenvalue weighted by molar-refractivity contribution is 0.361. The minimum atomic E-state index is -2.20. The topological polar surface area (TPSA) is 51.8 Å². The number of nitrogens with zero attached hydrogens (tertiary/aromatic N) is 2. The van der Waals surface area contributed by atoms with E-state index in [4.69, 9.17) is 5.73 Å². The summed E-state index contributed by atoms with van der Waals surface area (Å²) < 4.78 is 65.0. The third kappa shape index (κ3) is 2.12. The molecular weight excluding hydrogens is 297 g/mol. The van der Waals surface area contributed by atoms with E-state index < -0.39 is 34.0 Å². The number of halogens is 5. The fourth-order valence-corrected chi connectivity index (χ4v) is 2.65. The van der Waals surface area contributed by atoms with Crippen molar-refractivity contribution in [2.45, 2.75) is 9.24 Å². The van der Waals surface area contributed by atoms with Gasteiger partial charge in [0.2, 0.25) is 10.9 Å². The van der Waals surface area contributed by atoms with Gasteiger partial charge in [0.15, 0.2) is 27.6 Å². The van der Waals surface area contributed by atoms with E-state index in [1.54, 1.807) is 0 Å². The van der Waals surface area contributed by atoms with Crippen LogP contribution in [0.4, 0.5) is 27.1 Å². The maximum absolute atomic E-state index is 13.3. The van der Waals surface area contributed by atoms with Gasteiger partial charge in [0.1, 0.15) is 0 Å². The number of benzene rings is 1. The van der Waals surface area contributed by atoms with E-state index in [0.29, 0.717) is 0 Å². The second-order valence-corrected chi connectivity index (χ2v) is 5.17. The van der Waals surface area contributed by atoms with Crippen molar-refractivity contribution >= 4 is 28.2 Å². The molecule has 0 amide bonds. The molecule has 0 fully saturated rings. The summed E-state index contributed by atoms with van der Waals surface area (Å²) in [5, 5.41) is 6.78. The first-order chi connectivity index (χ1) is 8.41. The summed E-state index contributed by atoms with van der Waals surface area (Å²) in [5.74, 6) is -10.0. The first-order valence-corrected chi connectivity index (χ1v) is 5.83. The summed E-state index contributed by atoms with van der Waals surface area (Å²) in [6.07, 6.45) is 0. The molecule has 0 radical (unpaired) electrons. The molecular formula is C8H2F5N3S2. The van der Waals surface area contributed by atoms with Gasteiger partial charge in [0.25, 0.3) is 0 Å². The van der Waals surface area contributed by atoms with E-state index in [1.807, 2.05) is 0 Å². The number of hydrogen-bond donors (Lipinski definition) is 1. The van der Waals surface area contributed by atoms with Crippen molar-refractivity contribution < 1.29 is 22.0 Å². The van der Waals surface area contributed by atoms with Crippen LogP contribution in [0.2, 0.25) is 0 Å². The second kappa shape index (κ2) is 4.69. The highest BCUT2D eigenvalue weighted by molar-refractivity contribution is 8.01. The highest BCUT2D eigenvalue weighted by Crippen LogP contribution is 2.36. The third-order valence-electron chi connectivity index (χ3n) is 1.78. The van der Waals surface area contributed by atoms with Crippen LogP contribution in [0.15, 0.2) is 9.24 Å². The molecule has 10 heteroatoms. The third-order valence-corrected chi connectivity index (χ3v) is 3.65. The van der Waals surface area contributed by atoms with Crippen molar-refractivity contribution in [2.24, 2.45) is 0 Å². The van der Waals surface area contributed by atoms with Crippen LogP contribution in [0, 0.1) is 29.1 Å². The van der Waals surface area contributed by atoms with E-state index in [-0.39, 0.29) is 21.2 Å². The van der Waals surface area contributed by atoms with Crippen LogP contribution in [-0.4, -0.2) is 10.2 Å². The Morgan fingerprint density at radius 3 is 1.78 bits per heavy atom. The number of nitrogens with two attached hydrogens (primary N) is 1. The molecule has 0 saturated heterocycles. The maximum atomic E-state index is 13.3. The molecule has 18 heavy (non-hydrogen) atoms. The zero-order valence-electron chi connectivity index (χ0n) is 8.18. The number of rotatable bonds is 2. The van der Waals surface area contributed by atoms with Gasteiger partial charge in [-0.05, 0) is 0 Å². The molecule has 2 rings (SSSR count). The lowest BCUT2D eigenvalue weighted by Gasteiger charge is -2.05. The van der Waals surface area contributed by atoms with Crippen LogP contribution in [0.3, 0.4) is 0 Å². The standard InChI is InChI=1S/C8H2F5N3S2/c9-1-2(10)4(12)6(5(13)3(1)11)17-8-16-15-7(14)18-8/h(H2,14,15). The van der Waals surface area contributed by atoms with E-state index in [9.17, 15) is 22.0 Å². The van der Waals surface area contributed by atoms with Crippen LogP contribution in [0.1, 0.15) is 0 Å². The van der Waals surface area contributed by atoms with Gasteiger partial charge in [-0.15, -0.1) is 10.2 Å². The Kier molecular flexibility index (Phi) is 3.39. The lowest BCUT2D eigenvalue weighted by Crippen LogP contribution is -2.03. The largest absolute Gasteiger partial charge is 0.374 e. The monoisotopic (exact) mass is 299 g/mol. The Morgan fingerprint density at radius 2 is 1.33 bits per heavy atom. The second-order valence-electron chi connectivity index (χ2n) is 2.91. The quantitative estimate of drug-likeness (QED) is 0.526. The van der Waals surface area contributed by atoms with E-state index in [1.165, 1.54) is 0 Å². The number of aromatic nitrogens is 2. The summed E-state index contributed by atoms with van der Waals surface area (Å²) in [7, 11) is 0. The molecule has 0 aliphatic rings. The summed E-state index contributed by atoms with van der Waals surface area (Å²) in [4.78, 5) is -1.04. The molecule has 0 aliphatic carbocycles. The molecule has 0 saturated carbocycles. The molecule has 0 bridgehead atoms. The first kappa shape index (κ1) is 13.0. The average Bonchev–Trinajstić information content (AvgIpc) is 2.75. The van der Waals surface area contributed by atoms with Crippen LogP contribution < -0.4 is 5.73 Å². The van der Waals surface area contributed by atoms with E-state index in [0.717, 1.165) is 11.3 Å². The molecule has 1 aromatic carbocycles. The Hall–Kier alpha value is -1.42. The molecule has 1 aromatic heterocycles. The van der Waals surface area contributed by atoms with Gasteiger partial charge < -0.3 is 5.73 Å². The highest BCUT2D eigenvalue weighted by atomic mass is 32.2. The van der Waals surface area contributed by atoms with Crippen LogP contribution >= 0.6 is 23.1 Å². The molecule has 96 valence electrons. The highest BCUT2D eigenvalue weighted by Gasteiger charge is 2.27. The van der Waals surface area contributed by atoms with Crippen molar-refractivity contribution in [3.63, 3.8) is 0 Å². The van der Waals surface area contributed by atoms with Crippen molar-refractivity contribution in [3.8, 4) is 0 Å². The van der Waals surface area contributed by atoms with Gasteiger partial charge in [0.05, 0.1) is 4.90 Å².